The molecule has 0 saturated heterocycles. The molecule has 0 spiro atoms. The van der Waals surface area contributed by atoms with Crippen molar-refractivity contribution in [2.75, 3.05) is 0 Å². The number of benzene rings is 4. The molecule has 0 atom stereocenters. The Bertz CT molecular complexity index is 1010. The number of thioether (sulfide) groups is 4. The van der Waals surface area contributed by atoms with E-state index in [2.05, 4.69) is 195 Å². The minimum Gasteiger partial charge on any atom is -0.115 e. The zero-order chi connectivity index (χ0) is 25.4. The number of hydrogen-bond acceptors (Lipinski definition) is 4. The summed E-state index contributed by atoms with van der Waals surface area (Å²) in [7, 11) is -3.55. The molecule has 0 aliphatic rings. The first-order chi connectivity index (χ1) is 17.4. The van der Waals surface area contributed by atoms with Crippen LogP contribution in [0.3, 0.4) is 0 Å². The zero-order valence-corrected chi connectivity index (χ0v) is 26.6. The molecular weight excluding hydrogens is 545 g/mol. The predicted molar refractivity (Wildman–Crippen MR) is 172 cm³/mol. The Morgan fingerprint density at radius 3 is 0.750 bits per heavy atom. The minimum absolute atomic E-state index is 0.527. The molecule has 4 rings (SSSR count). The van der Waals surface area contributed by atoms with E-state index in [1.54, 1.807) is 0 Å². The van der Waals surface area contributed by atoms with Gasteiger partial charge in [0.1, 0.15) is 0 Å². The molecule has 0 aromatic heterocycles. The largest absolute Gasteiger partial charge is 0.115 e. The molecule has 0 aliphatic heterocycles. The van der Waals surface area contributed by atoms with Gasteiger partial charge in [0, 0.05) is 28.0 Å². The van der Waals surface area contributed by atoms with Gasteiger partial charge in [-0.15, -0.1) is 47.0 Å². The molecule has 0 saturated carbocycles. The summed E-state index contributed by atoms with van der Waals surface area (Å²) in [5, 5.41) is 0. The summed E-state index contributed by atoms with van der Waals surface area (Å²) >= 11 is 8.35. The Hall–Kier alpha value is -1.29. The van der Waals surface area contributed by atoms with Crippen LogP contribution < -0.4 is 0 Å². The first-order valence-corrected chi connectivity index (χ1v) is 22.9. The van der Waals surface area contributed by atoms with Crippen LogP contribution in [0.5, 0.6) is 0 Å². The summed E-state index contributed by atoms with van der Waals surface area (Å²) in [6.45, 7) is 10.7. The minimum atomic E-state index is -1.77. The van der Waals surface area contributed by atoms with Gasteiger partial charge in [-0.2, -0.15) is 0 Å². The van der Waals surface area contributed by atoms with E-state index >= 15 is 0 Å². The van der Waals surface area contributed by atoms with Crippen LogP contribution in [0, 0.1) is 0 Å². The Morgan fingerprint density at radius 2 is 0.556 bits per heavy atom. The predicted octanol–water partition coefficient (Wildman–Crippen LogP) is 10.4. The number of rotatable bonds is 11. The van der Waals surface area contributed by atoms with Crippen LogP contribution in [-0.4, -0.2) is 23.6 Å². The molecule has 0 N–H and O–H groups in total. The van der Waals surface area contributed by atoms with Gasteiger partial charge < -0.3 is 0 Å². The van der Waals surface area contributed by atoms with Gasteiger partial charge in [0.05, 0.1) is 15.2 Å². The first-order valence-electron chi connectivity index (χ1n) is 12.2. The molecule has 0 heterocycles. The number of hydrogen-bond donors (Lipinski definition) is 0. The van der Waals surface area contributed by atoms with Crippen molar-refractivity contribution in [2.24, 2.45) is 0 Å². The quantitative estimate of drug-likeness (QED) is 0.0985. The van der Waals surface area contributed by atoms with E-state index in [4.69, 9.17) is 0 Å². The van der Waals surface area contributed by atoms with Gasteiger partial charge >= 0.3 is 0 Å². The zero-order valence-electron chi connectivity index (χ0n) is 21.3. The molecule has 4 aromatic rings. The maximum atomic E-state index is 2.67. The van der Waals surface area contributed by atoms with E-state index in [-0.39, 0.29) is 0 Å². The Morgan fingerprint density at radius 1 is 0.361 bits per heavy atom. The summed E-state index contributed by atoms with van der Waals surface area (Å²) in [5.74, 6) is 0. The van der Waals surface area contributed by atoms with Gasteiger partial charge in [-0.25, -0.2) is 0 Å². The molecule has 0 bridgehead atoms. The average Bonchev–Trinajstić information content (AvgIpc) is 2.90. The smallest absolute Gasteiger partial charge is 0.0714 e. The van der Waals surface area contributed by atoms with Gasteiger partial charge in [-0.05, 0) is 48.5 Å². The van der Waals surface area contributed by atoms with Crippen molar-refractivity contribution in [1.82, 2.24) is 0 Å². The third-order valence-electron chi connectivity index (χ3n) is 6.78. The van der Waals surface area contributed by atoms with Crippen LogP contribution in [-0.2, 0) is 0 Å². The Labute approximate surface area is 236 Å². The van der Waals surface area contributed by atoms with Gasteiger partial charge in [-0.3, -0.25) is 0 Å². The molecule has 4 aromatic carbocycles. The van der Waals surface area contributed by atoms with Crippen molar-refractivity contribution in [1.29, 1.82) is 0 Å². The van der Waals surface area contributed by atoms with E-state index in [1.165, 1.54) is 19.6 Å². The summed E-state index contributed by atoms with van der Waals surface area (Å²) in [6.07, 6.45) is 0. The van der Waals surface area contributed by atoms with Crippen molar-refractivity contribution in [3.63, 3.8) is 0 Å². The van der Waals surface area contributed by atoms with E-state index in [9.17, 15) is 0 Å². The lowest BCUT2D eigenvalue weighted by Crippen LogP contribution is -2.65. The average molecular weight is 579 g/mol. The topological polar surface area (TPSA) is 0 Å². The first kappa shape index (κ1) is 27.7. The van der Waals surface area contributed by atoms with Crippen LogP contribution >= 0.6 is 47.0 Å². The lowest BCUT2D eigenvalue weighted by molar-refractivity contribution is 1.42. The van der Waals surface area contributed by atoms with Crippen molar-refractivity contribution in [2.45, 2.75) is 54.2 Å². The van der Waals surface area contributed by atoms with Gasteiger partial charge in [0.2, 0.25) is 0 Å². The molecule has 0 fully saturated rings. The SMILES string of the molecule is C[Si](C)(C(Sc1ccccc1)Sc1ccccc1)[Si](C)(C)C(Sc1ccccc1)Sc1ccccc1. The fourth-order valence-corrected chi connectivity index (χ4v) is 32.0. The van der Waals surface area contributed by atoms with Crippen molar-refractivity contribution < 1.29 is 0 Å². The highest BCUT2D eigenvalue weighted by Gasteiger charge is 2.52. The standard InChI is InChI=1S/C30H34S4Si2/c1-35(2,29(31-25-17-9-5-10-18-25)32-26-19-11-6-12-20-26)36(3,4)30(33-27-21-13-7-14-22-27)34-28-23-15-8-16-24-28/h5-24,29-30H,1-4H3. The monoisotopic (exact) mass is 578 g/mol. The normalized spacial score (nSPS) is 12.3. The third kappa shape index (κ3) is 7.18. The fraction of sp³-hybridized carbons (Fsp3) is 0.200. The summed E-state index contributed by atoms with van der Waals surface area (Å²) in [6, 6.07) is 44.0. The van der Waals surface area contributed by atoms with Crippen molar-refractivity contribution in [3.8, 4) is 0 Å². The van der Waals surface area contributed by atoms with Crippen LogP contribution in [0.15, 0.2) is 141 Å². The van der Waals surface area contributed by atoms with Crippen LogP contribution in [0.1, 0.15) is 0 Å². The maximum Gasteiger partial charge on any atom is 0.0714 e. The summed E-state index contributed by atoms with van der Waals surface area (Å²) < 4.78 is 1.05. The van der Waals surface area contributed by atoms with E-state index in [0.29, 0.717) is 8.41 Å². The Kier molecular flexibility index (Phi) is 10.0. The van der Waals surface area contributed by atoms with Crippen LogP contribution in [0.4, 0.5) is 0 Å². The Balaban J connectivity index is 1.70. The second-order valence-corrected chi connectivity index (χ2v) is 32.6. The lowest BCUT2D eigenvalue weighted by Gasteiger charge is -2.47. The lowest BCUT2D eigenvalue weighted by atomic mass is 10.4. The molecule has 186 valence electrons. The van der Waals surface area contributed by atoms with Crippen molar-refractivity contribution >= 4 is 62.2 Å². The molecule has 0 aliphatic carbocycles. The molecule has 0 unspecified atom stereocenters. The second-order valence-electron chi connectivity index (χ2n) is 9.83. The molecule has 0 nitrogen and oxygen atoms in total. The van der Waals surface area contributed by atoms with Crippen LogP contribution in [0.25, 0.3) is 0 Å². The molecular formula is C30H34S4Si2. The van der Waals surface area contributed by atoms with Gasteiger partial charge in [-0.1, -0.05) is 99.0 Å². The van der Waals surface area contributed by atoms with Gasteiger partial charge in [0.25, 0.3) is 0 Å². The maximum absolute atomic E-state index is 2.67. The molecule has 0 radical (unpaired) electrons. The molecule has 0 amide bonds. The molecule has 36 heavy (non-hydrogen) atoms. The van der Waals surface area contributed by atoms with Gasteiger partial charge in [0.15, 0.2) is 0 Å². The highest BCUT2D eigenvalue weighted by atomic mass is 32.2. The second kappa shape index (κ2) is 13.0. The highest BCUT2D eigenvalue weighted by Crippen LogP contribution is 2.50. The molecule has 6 heteroatoms. The summed E-state index contributed by atoms with van der Waals surface area (Å²) in [5.41, 5.74) is 0. The van der Waals surface area contributed by atoms with E-state index in [1.807, 2.05) is 0 Å². The van der Waals surface area contributed by atoms with Crippen molar-refractivity contribution in [3.05, 3.63) is 121 Å². The highest BCUT2D eigenvalue weighted by molar-refractivity contribution is 8.23. The fourth-order valence-electron chi connectivity index (χ4n) is 3.74. The van der Waals surface area contributed by atoms with E-state index < -0.39 is 15.2 Å². The summed E-state index contributed by atoms with van der Waals surface area (Å²) in [4.78, 5) is 5.50. The third-order valence-corrected chi connectivity index (χ3v) is 39.3. The van der Waals surface area contributed by atoms with Crippen LogP contribution in [0.2, 0.25) is 26.2 Å². The van der Waals surface area contributed by atoms with E-state index in [0.717, 1.165) is 0 Å².